The van der Waals surface area contributed by atoms with E-state index in [1.807, 2.05) is 23.1 Å². The second-order valence-electron chi connectivity index (χ2n) is 6.12. The fraction of sp³-hybridized carbons (Fsp3) is 0.615. The van der Waals surface area contributed by atoms with Crippen molar-refractivity contribution in [2.75, 3.05) is 18.8 Å². The third-order valence-corrected chi connectivity index (χ3v) is 6.72. The average Bonchev–Trinajstić information content (AvgIpc) is 3.42. The number of hydrogen-bond donors (Lipinski definition) is 0. The number of aryl methyl sites for hydroxylation is 1. The smallest absolute Gasteiger partial charge is 0.418 e. The fourth-order valence-corrected chi connectivity index (χ4v) is 5.82. The van der Waals surface area contributed by atoms with Crippen molar-refractivity contribution in [3.63, 3.8) is 0 Å². The van der Waals surface area contributed by atoms with Crippen LogP contribution in [0.1, 0.15) is 29.7 Å². The number of thiophene rings is 1. The highest BCUT2D eigenvalue weighted by Crippen LogP contribution is 2.47. The molecule has 1 aromatic heterocycles. The van der Waals surface area contributed by atoms with Crippen LogP contribution in [0.15, 0.2) is 16.4 Å². The zero-order valence-electron chi connectivity index (χ0n) is 11.8. The Balaban J connectivity index is 1.55. The van der Waals surface area contributed by atoms with Crippen LogP contribution < -0.4 is 0 Å². The summed E-state index contributed by atoms with van der Waals surface area (Å²) in [6.45, 7) is 1.63. The normalized spacial score (nSPS) is 30.2. The molecule has 108 valence electrons. The summed E-state index contributed by atoms with van der Waals surface area (Å²) in [5, 5.41) is 3.38. The van der Waals surface area contributed by atoms with Crippen LogP contribution in [0.25, 0.3) is 0 Å². The predicted molar refractivity (Wildman–Crippen MR) is 88.7 cm³/mol. The highest BCUT2D eigenvalue weighted by Gasteiger charge is 2.53. The van der Waals surface area contributed by atoms with E-state index in [9.17, 15) is 0 Å². The van der Waals surface area contributed by atoms with Gasteiger partial charge < -0.3 is 14.0 Å². The first kappa shape index (κ1) is 13.0. The second kappa shape index (κ2) is 4.78. The predicted octanol–water partition coefficient (Wildman–Crippen LogP) is 2.19. The average molecular weight is 318 g/mol. The van der Waals surface area contributed by atoms with E-state index in [2.05, 4.69) is 16.2 Å². The summed E-state index contributed by atoms with van der Waals surface area (Å²) < 4.78 is 13.3. The molecule has 0 saturated carbocycles. The molecule has 0 N–H and O–H groups in total. The topological polar surface area (TPSA) is 40.7 Å². The maximum Gasteiger partial charge on any atom is 0.431 e. The van der Waals surface area contributed by atoms with Crippen molar-refractivity contribution >= 4 is 42.4 Å². The summed E-state index contributed by atoms with van der Waals surface area (Å²) in [6, 6.07) is 2.31. The monoisotopic (exact) mass is 318 g/mol. The first-order valence-electron chi connectivity index (χ1n) is 7.67. The van der Waals surface area contributed by atoms with E-state index in [-0.39, 0.29) is 19.6 Å². The van der Waals surface area contributed by atoms with Gasteiger partial charge >= 0.3 is 14.1 Å². The summed E-state index contributed by atoms with van der Waals surface area (Å²) >= 11 is 3.77. The van der Waals surface area contributed by atoms with Crippen molar-refractivity contribution in [3.05, 3.63) is 21.9 Å². The van der Waals surface area contributed by atoms with E-state index in [1.165, 1.54) is 24.8 Å². The number of aliphatic imine (C=N–C) groups is 1. The molecule has 8 heteroatoms. The maximum absolute atomic E-state index is 5.51. The molecular formula is C13H16B2N2O2S2. The van der Waals surface area contributed by atoms with Gasteiger partial charge in [-0.1, -0.05) is 11.8 Å². The number of thioether (sulfide) groups is 1. The number of fused-ring (bicyclic) bond motifs is 2. The van der Waals surface area contributed by atoms with E-state index in [4.69, 9.17) is 14.3 Å². The van der Waals surface area contributed by atoms with Crippen molar-refractivity contribution < 1.29 is 9.31 Å². The van der Waals surface area contributed by atoms with E-state index in [0.29, 0.717) is 0 Å². The minimum Gasteiger partial charge on any atom is -0.418 e. The Bertz CT molecular complexity index is 591. The molecule has 0 aromatic carbocycles. The third kappa shape index (κ3) is 2.19. The molecule has 4 nitrogen and oxygen atoms in total. The van der Waals surface area contributed by atoms with Crippen LogP contribution in [0.4, 0.5) is 0 Å². The maximum atomic E-state index is 5.51. The minimum atomic E-state index is 0.0240. The molecule has 2 fully saturated rings. The molecule has 4 aliphatic rings. The fourth-order valence-electron chi connectivity index (χ4n) is 3.55. The quantitative estimate of drug-likeness (QED) is 0.619. The lowest BCUT2D eigenvalue weighted by atomic mass is 9.77. The van der Waals surface area contributed by atoms with Crippen LogP contribution in [0.5, 0.6) is 0 Å². The molecule has 21 heavy (non-hydrogen) atoms. The summed E-state index contributed by atoms with van der Waals surface area (Å²) in [5.41, 5.74) is 1.51. The molecule has 0 bridgehead atoms. The van der Waals surface area contributed by atoms with Gasteiger partial charge in [0.2, 0.25) is 0 Å². The number of hydrogen-bond acceptors (Lipinski definition) is 6. The Labute approximate surface area is 133 Å². The molecule has 2 saturated heterocycles. The molecule has 1 unspecified atom stereocenters. The zero-order valence-corrected chi connectivity index (χ0v) is 13.4. The van der Waals surface area contributed by atoms with E-state index in [0.717, 1.165) is 30.4 Å². The minimum absolute atomic E-state index is 0.0240. The Morgan fingerprint density at radius 2 is 2.05 bits per heavy atom. The van der Waals surface area contributed by atoms with Crippen molar-refractivity contribution in [2.24, 2.45) is 4.99 Å². The number of amidine groups is 1. The van der Waals surface area contributed by atoms with E-state index < -0.39 is 0 Å². The van der Waals surface area contributed by atoms with Crippen molar-refractivity contribution in [3.8, 4) is 0 Å². The first-order chi connectivity index (χ1) is 10.4. The molecule has 0 amide bonds. The molecule has 4 heterocycles. The van der Waals surface area contributed by atoms with Crippen LogP contribution in [-0.4, -0.2) is 42.8 Å². The highest BCUT2D eigenvalue weighted by atomic mass is 32.2. The van der Waals surface area contributed by atoms with Gasteiger partial charge in [-0.2, -0.15) is 0 Å². The van der Waals surface area contributed by atoms with Gasteiger partial charge in [0, 0.05) is 10.6 Å². The summed E-state index contributed by atoms with van der Waals surface area (Å²) in [5.74, 6) is 1.14. The van der Waals surface area contributed by atoms with Gasteiger partial charge in [0.15, 0.2) is 0 Å². The Morgan fingerprint density at radius 1 is 1.24 bits per heavy atom. The molecule has 1 aliphatic carbocycles. The van der Waals surface area contributed by atoms with E-state index >= 15 is 0 Å². The largest absolute Gasteiger partial charge is 0.431 e. The molecule has 1 aromatic rings. The second-order valence-corrected chi connectivity index (χ2v) is 8.18. The molecule has 0 radical (unpaired) electrons. The zero-order chi connectivity index (χ0) is 13.9. The molecule has 3 aliphatic heterocycles. The standard InChI is InChI=1S/C13H16B2N2O2S2/c1-2-11-10(3-6-20-11)13(4-1)5-7-21-12(16-13)17(14-8-18-14)15-9-19-15/h3,6H,1-2,4-5,7-9H2. The van der Waals surface area contributed by atoms with Crippen molar-refractivity contribution in [1.82, 2.24) is 4.72 Å². The van der Waals surface area contributed by atoms with Gasteiger partial charge in [0.05, 0.1) is 18.6 Å². The summed E-state index contributed by atoms with van der Waals surface area (Å²) in [6.07, 6.45) is 4.84. The van der Waals surface area contributed by atoms with Crippen LogP contribution in [0.2, 0.25) is 0 Å². The Kier molecular flexibility index (Phi) is 2.97. The van der Waals surface area contributed by atoms with Crippen LogP contribution in [0, 0.1) is 0 Å². The lowest BCUT2D eigenvalue weighted by molar-refractivity contribution is 0.365. The van der Waals surface area contributed by atoms with Gasteiger partial charge in [-0.15, -0.1) is 11.3 Å². The highest BCUT2D eigenvalue weighted by molar-refractivity contribution is 8.14. The summed E-state index contributed by atoms with van der Waals surface area (Å²) in [4.78, 5) is 6.81. The number of rotatable bonds is 2. The third-order valence-electron chi connectivity index (χ3n) is 4.77. The lowest BCUT2D eigenvalue weighted by Crippen LogP contribution is -2.44. The Hall–Kier alpha value is -0.430. The van der Waals surface area contributed by atoms with Crippen molar-refractivity contribution in [2.45, 2.75) is 31.2 Å². The van der Waals surface area contributed by atoms with Crippen LogP contribution >= 0.6 is 23.1 Å². The Morgan fingerprint density at radius 3 is 2.81 bits per heavy atom. The van der Waals surface area contributed by atoms with Gasteiger partial charge in [0.25, 0.3) is 0 Å². The van der Waals surface area contributed by atoms with Crippen LogP contribution in [0.3, 0.4) is 0 Å². The molecule has 5 rings (SSSR count). The number of nitrogens with zero attached hydrogens (tertiary/aromatic N) is 2. The first-order valence-corrected chi connectivity index (χ1v) is 9.53. The van der Waals surface area contributed by atoms with Gasteiger partial charge in [0.1, 0.15) is 5.17 Å². The van der Waals surface area contributed by atoms with Crippen LogP contribution in [-0.2, 0) is 21.3 Å². The lowest BCUT2D eigenvalue weighted by Gasteiger charge is -2.39. The SMILES string of the molecule is c1cc2c(s1)CCCC21CCSC(N(B2CO2)B2CO2)=N1. The van der Waals surface area contributed by atoms with Crippen molar-refractivity contribution in [1.29, 1.82) is 0 Å². The van der Waals surface area contributed by atoms with E-state index in [1.54, 1.807) is 4.88 Å². The van der Waals surface area contributed by atoms with Gasteiger partial charge in [-0.05, 0) is 42.7 Å². The van der Waals surface area contributed by atoms with Gasteiger partial charge in [-0.25, -0.2) is 0 Å². The van der Waals surface area contributed by atoms with Gasteiger partial charge in [-0.3, -0.25) is 4.99 Å². The molecule has 1 spiro atoms. The molecule has 1 atom stereocenters. The molecular weight excluding hydrogens is 302 g/mol. The summed E-state index contributed by atoms with van der Waals surface area (Å²) in [7, 11) is 0.397.